The molecule has 0 radical (unpaired) electrons. The molecule has 0 saturated heterocycles. The van der Waals surface area contributed by atoms with E-state index >= 15 is 0 Å². The molecule has 0 aliphatic rings. The summed E-state index contributed by atoms with van der Waals surface area (Å²) in [6.07, 6.45) is -4.40. The summed E-state index contributed by atoms with van der Waals surface area (Å²) in [6, 6.07) is 6.56. The Morgan fingerprint density at radius 1 is 1.09 bits per heavy atom. The SMILES string of the molecule is Cc1cc(C)nc(NNC(=S)Nc2cccc(C(F)(F)F)c2)n1. The predicted molar refractivity (Wildman–Crippen MR) is 85.9 cm³/mol. The molecule has 0 unspecified atom stereocenters. The van der Waals surface area contributed by atoms with Crippen LogP contribution in [0.4, 0.5) is 24.8 Å². The van der Waals surface area contributed by atoms with E-state index in [1.807, 2.05) is 19.9 Å². The molecule has 122 valence electrons. The number of aryl methyl sites for hydroxylation is 2. The zero-order valence-corrected chi connectivity index (χ0v) is 13.1. The van der Waals surface area contributed by atoms with Crippen molar-refractivity contribution in [3.05, 3.63) is 47.3 Å². The first-order valence-electron chi connectivity index (χ1n) is 6.56. The van der Waals surface area contributed by atoms with Crippen molar-refractivity contribution in [2.45, 2.75) is 20.0 Å². The van der Waals surface area contributed by atoms with Crippen LogP contribution in [0.3, 0.4) is 0 Å². The summed E-state index contributed by atoms with van der Waals surface area (Å²) in [7, 11) is 0. The van der Waals surface area contributed by atoms with E-state index < -0.39 is 11.7 Å². The fraction of sp³-hybridized carbons (Fsp3) is 0.214. The summed E-state index contributed by atoms with van der Waals surface area (Å²) in [5.41, 5.74) is 6.34. The average Bonchev–Trinajstić information content (AvgIpc) is 2.43. The number of nitrogens with one attached hydrogen (secondary N) is 3. The number of halogens is 3. The molecule has 0 fully saturated rings. The van der Waals surface area contributed by atoms with Crippen molar-refractivity contribution in [1.29, 1.82) is 0 Å². The van der Waals surface area contributed by atoms with Crippen LogP contribution in [0.15, 0.2) is 30.3 Å². The van der Waals surface area contributed by atoms with Gasteiger partial charge in [-0.1, -0.05) is 6.07 Å². The van der Waals surface area contributed by atoms with E-state index in [0.29, 0.717) is 5.95 Å². The smallest absolute Gasteiger partial charge is 0.331 e. The molecule has 0 saturated carbocycles. The molecule has 1 aromatic carbocycles. The molecule has 2 rings (SSSR count). The predicted octanol–water partition coefficient (Wildman–Crippen LogP) is 3.43. The van der Waals surface area contributed by atoms with E-state index in [4.69, 9.17) is 12.2 Å². The molecule has 0 amide bonds. The third-order valence-electron chi connectivity index (χ3n) is 2.72. The van der Waals surface area contributed by atoms with Gasteiger partial charge in [0.05, 0.1) is 5.56 Å². The van der Waals surface area contributed by atoms with Gasteiger partial charge >= 0.3 is 6.18 Å². The Morgan fingerprint density at radius 2 is 1.74 bits per heavy atom. The highest BCUT2D eigenvalue weighted by Gasteiger charge is 2.30. The van der Waals surface area contributed by atoms with Gasteiger partial charge in [0.1, 0.15) is 0 Å². The van der Waals surface area contributed by atoms with Crippen LogP contribution in [0.5, 0.6) is 0 Å². The van der Waals surface area contributed by atoms with Crippen molar-refractivity contribution in [3.8, 4) is 0 Å². The van der Waals surface area contributed by atoms with Crippen LogP contribution in [0.25, 0.3) is 0 Å². The van der Waals surface area contributed by atoms with E-state index in [1.54, 1.807) is 0 Å². The quantitative estimate of drug-likeness (QED) is 0.587. The number of rotatable bonds is 3. The van der Waals surface area contributed by atoms with Crippen LogP contribution < -0.4 is 16.2 Å². The molecule has 5 nitrogen and oxygen atoms in total. The first-order chi connectivity index (χ1) is 10.7. The number of thiocarbonyl (C=S) groups is 1. The molecule has 3 N–H and O–H groups in total. The second kappa shape index (κ2) is 6.78. The largest absolute Gasteiger partial charge is 0.416 e. The molecule has 9 heteroatoms. The third kappa shape index (κ3) is 5.06. The Bertz CT molecular complexity index is 698. The number of benzene rings is 1. The normalized spacial score (nSPS) is 11.0. The summed E-state index contributed by atoms with van der Waals surface area (Å²) in [5, 5.41) is 2.75. The molecule has 0 aliphatic carbocycles. The van der Waals surface area contributed by atoms with Crippen LogP contribution in [-0.2, 0) is 6.18 Å². The lowest BCUT2D eigenvalue weighted by Gasteiger charge is -2.13. The molecule has 0 aliphatic heterocycles. The molecule has 1 heterocycles. The van der Waals surface area contributed by atoms with Gasteiger partial charge in [0.25, 0.3) is 0 Å². The van der Waals surface area contributed by atoms with Crippen LogP contribution in [0, 0.1) is 13.8 Å². The standard InChI is InChI=1S/C14H14F3N5S/c1-8-6-9(2)19-12(18-8)21-22-13(23)20-11-5-3-4-10(7-11)14(15,16)17/h3-7H,1-2H3,(H,18,19,21)(H2,20,22,23). The zero-order valence-electron chi connectivity index (χ0n) is 12.3. The van der Waals surface area contributed by atoms with Crippen LogP contribution in [0.1, 0.15) is 17.0 Å². The number of alkyl halides is 3. The van der Waals surface area contributed by atoms with Gasteiger partial charge in [-0.2, -0.15) is 13.2 Å². The first kappa shape index (κ1) is 16.9. The van der Waals surface area contributed by atoms with Crippen molar-refractivity contribution in [2.75, 3.05) is 10.7 Å². The van der Waals surface area contributed by atoms with Gasteiger partial charge in [0.15, 0.2) is 5.11 Å². The van der Waals surface area contributed by atoms with E-state index in [1.165, 1.54) is 12.1 Å². The summed E-state index contributed by atoms with van der Waals surface area (Å²) >= 11 is 5.02. The highest BCUT2D eigenvalue weighted by molar-refractivity contribution is 7.80. The number of hydrazine groups is 1. The van der Waals surface area contributed by atoms with Gasteiger partial charge in [-0.25, -0.2) is 9.97 Å². The maximum absolute atomic E-state index is 12.6. The topological polar surface area (TPSA) is 61.9 Å². The molecule has 23 heavy (non-hydrogen) atoms. The highest BCUT2D eigenvalue weighted by Crippen LogP contribution is 2.30. The minimum absolute atomic E-state index is 0.0899. The van der Waals surface area contributed by atoms with Crippen LogP contribution >= 0.6 is 12.2 Å². The van der Waals surface area contributed by atoms with Gasteiger partial charge in [0, 0.05) is 17.1 Å². The minimum atomic E-state index is -4.40. The number of anilines is 2. The lowest BCUT2D eigenvalue weighted by atomic mass is 10.2. The van der Waals surface area contributed by atoms with Crippen molar-refractivity contribution < 1.29 is 13.2 Å². The lowest BCUT2D eigenvalue weighted by molar-refractivity contribution is -0.137. The highest BCUT2D eigenvalue weighted by atomic mass is 32.1. The zero-order chi connectivity index (χ0) is 17.0. The van der Waals surface area contributed by atoms with E-state index in [2.05, 4.69) is 26.1 Å². The molecular weight excluding hydrogens is 327 g/mol. The van der Waals surface area contributed by atoms with E-state index in [9.17, 15) is 13.2 Å². The molecule has 1 aromatic heterocycles. The Labute approximate surface area is 136 Å². The minimum Gasteiger partial charge on any atom is -0.331 e. The number of hydrogen-bond donors (Lipinski definition) is 3. The maximum Gasteiger partial charge on any atom is 0.416 e. The van der Waals surface area contributed by atoms with Crippen LogP contribution in [0.2, 0.25) is 0 Å². The fourth-order valence-electron chi connectivity index (χ4n) is 1.83. The Kier molecular flexibility index (Phi) is 4.99. The molecule has 0 bridgehead atoms. The monoisotopic (exact) mass is 341 g/mol. The number of hydrogen-bond acceptors (Lipinski definition) is 4. The van der Waals surface area contributed by atoms with Gasteiger partial charge in [-0.3, -0.25) is 10.9 Å². The summed E-state index contributed by atoms with van der Waals surface area (Å²) in [4.78, 5) is 8.28. The molecule has 0 spiro atoms. The number of aromatic nitrogens is 2. The van der Waals surface area contributed by atoms with E-state index in [0.717, 1.165) is 23.5 Å². The molecular formula is C14H14F3N5S. The van der Waals surface area contributed by atoms with Gasteiger partial charge in [-0.15, -0.1) is 0 Å². The Hall–Kier alpha value is -2.42. The second-order valence-electron chi connectivity index (χ2n) is 4.76. The van der Waals surface area contributed by atoms with Crippen molar-refractivity contribution >= 4 is 29.0 Å². The summed E-state index contributed by atoms with van der Waals surface area (Å²) in [5.74, 6) is 0.315. The molecule has 0 atom stereocenters. The average molecular weight is 341 g/mol. The van der Waals surface area contributed by atoms with Crippen LogP contribution in [-0.4, -0.2) is 15.1 Å². The Balaban J connectivity index is 1.97. The lowest BCUT2D eigenvalue weighted by Crippen LogP contribution is -2.34. The fourth-order valence-corrected chi connectivity index (χ4v) is 2.00. The van der Waals surface area contributed by atoms with Crippen molar-refractivity contribution in [2.24, 2.45) is 0 Å². The molecule has 2 aromatic rings. The van der Waals surface area contributed by atoms with E-state index in [-0.39, 0.29) is 10.8 Å². The van der Waals surface area contributed by atoms with Gasteiger partial charge in [-0.05, 0) is 50.3 Å². The van der Waals surface area contributed by atoms with Gasteiger partial charge < -0.3 is 5.32 Å². The van der Waals surface area contributed by atoms with Gasteiger partial charge in [0.2, 0.25) is 5.95 Å². The van der Waals surface area contributed by atoms with Crippen molar-refractivity contribution in [3.63, 3.8) is 0 Å². The summed E-state index contributed by atoms with van der Waals surface area (Å²) < 4.78 is 37.9. The second-order valence-corrected chi connectivity index (χ2v) is 5.17. The third-order valence-corrected chi connectivity index (χ3v) is 2.92. The summed E-state index contributed by atoms with van der Waals surface area (Å²) in [6.45, 7) is 3.64. The Morgan fingerprint density at radius 3 is 2.35 bits per heavy atom. The number of nitrogens with zero attached hydrogens (tertiary/aromatic N) is 2. The first-order valence-corrected chi connectivity index (χ1v) is 6.97. The maximum atomic E-state index is 12.6. The van der Waals surface area contributed by atoms with Crippen molar-refractivity contribution in [1.82, 2.24) is 15.4 Å².